The molecule has 1 aromatic rings. The van der Waals surface area contributed by atoms with Crippen LogP contribution in [0.15, 0.2) is 23.4 Å². The van der Waals surface area contributed by atoms with Crippen molar-refractivity contribution in [3.63, 3.8) is 0 Å². The van der Waals surface area contributed by atoms with Crippen molar-refractivity contribution in [2.24, 2.45) is 5.41 Å². The first kappa shape index (κ1) is 28.0. The summed E-state index contributed by atoms with van der Waals surface area (Å²) in [5.74, 6) is -0.859. The van der Waals surface area contributed by atoms with Crippen LogP contribution in [-0.2, 0) is 19.1 Å². The molecule has 9 nitrogen and oxygen atoms in total. The van der Waals surface area contributed by atoms with Gasteiger partial charge in [0, 0.05) is 45.7 Å². The number of ether oxygens (including phenoxy) is 1. The lowest BCUT2D eigenvalue weighted by atomic mass is 9.77. The van der Waals surface area contributed by atoms with Crippen LogP contribution < -0.4 is 5.32 Å². The maximum atomic E-state index is 13.3. The molecular formula is C26H38N4O5S. The number of esters is 1. The van der Waals surface area contributed by atoms with Crippen LogP contribution in [0.25, 0.3) is 0 Å². The number of carbonyl (C=O) groups excluding carboxylic acids is 4. The Morgan fingerprint density at radius 1 is 1.14 bits per heavy atom. The Hall–Kier alpha value is -2.62. The number of rotatable bonds is 7. The molecule has 0 unspecified atom stereocenters. The SMILES string of the molecule is CSc1ncccc1C(=O)N1CCC2(CC1)CCN(C(=O)[C@H](CCC(=O)OC(C)(C)C)NC(C)=O)C2. The number of hydrogen-bond donors (Lipinski definition) is 1. The van der Waals surface area contributed by atoms with E-state index in [2.05, 4.69) is 10.3 Å². The van der Waals surface area contributed by atoms with Crippen molar-refractivity contribution in [2.45, 2.75) is 76.5 Å². The van der Waals surface area contributed by atoms with Gasteiger partial charge < -0.3 is 19.9 Å². The molecule has 0 radical (unpaired) electrons. The van der Waals surface area contributed by atoms with E-state index < -0.39 is 11.6 Å². The Kier molecular flexibility index (Phi) is 9.03. The highest BCUT2D eigenvalue weighted by atomic mass is 32.2. The average molecular weight is 519 g/mol. The monoisotopic (exact) mass is 518 g/mol. The lowest BCUT2D eigenvalue weighted by molar-refractivity contribution is -0.155. The minimum absolute atomic E-state index is 0.00101. The lowest BCUT2D eigenvalue weighted by Crippen LogP contribution is -2.49. The fourth-order valence-electron chi connectivity index (χ4n) is 4.98. The van der Waals surface area contributed by atoms with Crippen LogP contribution in [0.4, 0.5) is 0 Å². The minimum Gasteiger partial charge on any atom is -0.460 e. The van der Waals surface area contributed by atoms with Gasteiger partial charge in [0.1, 0.15) is 16.7 Å². The van der Waals surface area contributed by atoms with Gasteiger partial charge in [0.2, 0.25) is 11.8 Å². The molecule has 2 fully saturated rings. The van der Waals surface area contributed by atoms with Crippen molar-refractivity contribution in [3.05, 3.63) is 23.9 Å². The van der Waals surface area contributed by atoms with Gasteiger partial charge in [0.15, 0.2) is 0 Å². The van der Waals surface area contributed by atoms with E-state index in [4.69, 9.17) is 4.74 Å². The van der Waals surface area contributed by atoms with Crippen LogP contribution in [0.5, 0.6) is 0 Å². The first-order valence-corrected chi connectivity index (χ1v) is 13.7. The molecule has 2 saturated heterocycles. The maximum absolute atomic E-state index is 13.3. The molecule has 10 heteroatoms. The number of thioether (sulfide) groups is 1. The zero-order valence-electron chi connectivity index (χ0n) is 22.0. The van der Waals surface area contributed by atoms with E-state index in [0.29, 0.717) is 31.7 Å². The van der Waals surface area contributed by atoms with Gasteiger partial charge in [0.25, 0.3) is 5.91 Å². The van der Waals surface area contributed by atoms with Crippen molar-refractivity contribution >= 4 is 35.5 Å². The van der Waals surface area contributed by atoms with Crippen molar-refractivity contribution < 1.29 is 23.9 Å². The summed E-state index contributed by atoms with van der Waals surface area (Å²) in [6.07, 6.45) is 6.36. The van der Waals surface area contributed by atoms with Crippen molar-refractivity contribution in [1.29, 1.82) is 0 Å². The van der Waals surface area contributed by atoms with Gasteiger partial charge in [0.05, 0.1) is 5.56 Å². The third-order valence-corrected chi connectivity index (χ3v) is 7.50. The number of nitrogens with one attached hydrogen (secondary N) is 1. The van der Waals surface area contributed by atoms with E-state index in [1.54, 1.807) is 37.9 Å². The molecular weight excluding hydrogens is 480 g/mol. The van der Waals surface area contributed by atoms with E-state index in [9.17, 15) is 19.2 Å². The molecule has 1 atom stereocenters. The number of carbonyl (C=O) groups is 4. The molecule has 1 aromatic heterocycles. The number of hydrogen-bond acceptors (Lipinski definition) is 7. The normalized spacial score (nSPS) is 18.1. The number of amides is 3. The summed E-state index contributed by atoms with van der Waals surface area (Å²) in [5.41, 5.74) is -0.00137. The predicted octanol–water partition coefficient (Wildman–Crippen LogP) is 2.88. The van der Waals surface area contributed by atoms with Gasteiger partial charge in [-0.05, 0) is 70.3 Å². The van der Waals surface area contributed by atoms with Crippen LogP contribution in [0.2, 0.25) is 0 Å². The van der Waals surface area contributed by atoms with Gasteiger partial charge in [-0.15, -0.1) is 11.8 Å². The fourth-order valence-corrected chi connectivity index (χ4v) is 5.52. The molecule has 3 rings (SSSR count). The molecule has 0 saturated carbocycles. The van der Waals surface area contributed by atoms with Crippen LogP contribution in [0.3, 0.4) is 0 Å². The Morgan fingerprint density at radius 2 is 1.78 bits per heavy atom. The molecule has 3 heterocycles. The molecule has 3 amide bonds. The van der Waals surface area contributed by atoms with Crippen LogP contribution in [-0.4, -0.2) is 82.6 Å². The average Bonchev–Trinajstić information content (AvgIpc) is 3.23. The highest BCUT2D eigenvalue weighted by molar-refractivity contribution is 7.98. The van der Waals surface area contributed by atoms with Crippen LogP contribution >= 0.6 is 11.8 Å². The summed E-state index contributed by atoms with van der Waals surface area (Å²) in [4.78, 5) is 58.3. The molecule has 0 bridgehead atoms. The van der Waals surface area contributed by atoms with E-state index in [-0.39, 0.29) is 41.9 Å². The van der Waals surface area contributed by atoms with Crippen LogP contribution in [0.1, 0.15) is 70.2 Å². The summed E-state index contributed by atoms with van der Waals surface area (Å²) < 4.78 is 5.35. The minimum atomic E-state index is -0.762. The molecule has 2 aliphatic heterocycles. The second-order valence-corrected chi connectivity index (χ2v) is 11.5. The second kappa shape index (κ2) is 11.6. The molecule has 0 aliphatic carbocycles. The summed E-state index contributed by atoms with van der Waals surface area (Å²) in [5, 5.41) is 3.45. The third-order valence-electron chi connectivity index (χ3n) is 6.79. The molecule has 1 spiro atoms. The molecule has 0 aromatic carbocycles. The first-order chi connectivity index (χ1) is 16.9. The van der Waals surface area contributed by atoms with Crippen molar-refractivity contribution in [2.75, 3.05) is 32.4 Å². The Bertz CT molecular complexity index is 985. The smallest absolute Gasteiger partial charge is 0.306 e. The third kappa shape index (κ3) is 7.21. The van der Waals surface area contributed by atoms with Gasteiger partial charge in [-0.2, -0.15) is 0 Å². The topological polar surface area (TPSA) is 109 Å². The Labute approximate surface area is 217 Å². The zero-order chi connectivity index (χ0) is 26.5. The quantitative estimate of drug-likeness (QED) is 0.437. The summed E-state index contributed by atoms with van der Waals surface area (Å²) in [6.45, 7) is 9.23. The standard InChI is InChI=1S/C26H38N4O5S/c1-18(31)28-20(8-9-21(32)35-25(2,3)4)24(34)30-16-12-26(17-30)10-14-29(15-11-26)23(33)19-7-6-13-27-22(19)36-5/h6-7,13,20H,8-12,14-17H2,1-5H3,(H,28,31)/t20-/m0/s1. The van der Waals surface area contributed by atoms with E-state index in [1.165, 1.54) is 18.7 Å². The van der Waals surface area contributed by atoms with E-state index in [1.807, 2.05) is 17.2 Å². The molecule has 2 aliphatic rings. The maximum Gasteiger partial charge on any atom is 0.306 e. The van der Waals surface area contributed by atoms with E-state index in [0.717, 1.165) is 24.3 Å². The van der Waals surface area contributed by atoms with E-state index >= 15 is 0 Å². The number of nitrogens with zero attached hydrogens (tertiary/aromatic N) is 3. The Morgan fingerprint density at radius 3 is 2.36 bits per heavy atom. The van der Waals surface area contributed by atoms with Gasteiger partial charge >= 0.3 is 5.97 Å². The molecule has 36 heavy (non-hydrogen) atoms. The molecule has 198 valence electrons. The Balaban J connectivity index is 1.58. The van der Waals surface area contributed by atoms with Gasteiger partial charge in [-0.3, -0.25) is 19.2 Å². The number of likely N-dealkylation sites (tertiary alicyclic amines) is 2. The zero-order valence-corrected chi connectivity index (χ0v) is 22.8. The first-order valence-electron chi connectivity index (χ1n) is 12.5. The van der Waals surface area contributed by atoms with Gasteiger partial charge in [-0.25, -0.2) is 4.98 Å². The number of pyridine rings is 1. The van der Waals surface area contributed by atoms with Crippen LogP contribution in [0, 0.1) is 5.41 Å². The molecule has 1 N–H and O–H groups in total. The second-order valence-electron chi connectivity index (χ2n) is 10.7. The van der Waals surface area contributed by atoms with Crippen molar-refractivity contribution in [1.82, 2.24) is 20.1 Å². The van der Waals surface area contributed by atoms with Crippen molar-refractivity contribution in [3.8, 4) is 0 Å². The van der Waals surface area contributed by atoms with Gasteiger partial charge in [-0.1, -0.05) is 0 Å². The predicted molar refractivity (Wildman–Crippen MR) is 137 cm³/mol. The lowest BCUT2D eigenvalue weighted by Gasteiger charge is -2.39. The summed E-state index contributed by atoms with van der Waals surface area (Å²) in [7, 11) is 0. The fraction of sp³-hybridized carbons (Fsp3) is 0.654. The highest BCUT2D eigenvalue weighted by Crippen LogP contribution is 2.41. The highest BCUT2D eigenvalue weighted by Gasteiger charge is 2.44. The number of piperidine rings is 1. The number of aromatic nitrogens is 1. The largest absolute Gasteiger partial charge is 0.460 e. The summed E-state index contributed by atoms with van der Waals surface area (Å²) in [6, 6.07) is 2.84. The summed E-state index contributed by atoms with van der Waals surface area (Å²) >= 11 is 1.46.